The molecule has 0 aliphatic rings. The monoisotopic (exact) mass is 367 g/mol. The summed E-state index contributed by atoms with van der Waals surface area (Å²) in [6.07, 6.45) is 0. The molecule has 0 rings (SSSR count). The van der Waals surface area contributed by atoms with E-state index in [0.717, 1.165) is 0 Å². The van der Waals surface area contributed by atoms with Crippen LogP contribution in [0, 0.1) is 71.0 Å². The number of hydrogen-bond acceptors (Lipinski definition) is 6. The molecule has 11 heteroatoms. The third kappa shape index (κ3) is 404. The van der Waals surface area contributed by atoms with Crippen molar-refractivity contribution in [3.63, 3.8) is 0 Å². The molecule has 0 atom stereocenters. The van der Waals surface area contributed by atoms with Crippen molar-refractivity contribution in [1.29, 1.82) is 31.6 Å². The zero-order valence-electron chi connectivity index (χ0n) is 10.1. The van der Waals surface area contributed by atoms with Crippen LogP contribution in [0.2, 0.25) is 0 Å². The summed E-state index contributed by atoms with van der Waals surface area (Å²) in [4.78, 5) is 0. The van der Waals surface area contributed by atoms with E-state index in [1.54, 1.807) is 0 Å². The molecular weight excluding hydrogens is 367 g/mol. The van der Waals surface area contributed by atoms with Gasteiger partial charge < -0.3 is 71.0 Å². The molecule has 6 nitrogen and oxygen atoms in total. The molecule has 0 aromatic rings. The molecule has 0 spiro atoms. The quantitative estimate of drug-likeness (QED) is 0.307. The second kappa shape index (κ2) is 450. The van der Waals surface area contributed by atoms with Crippen molar-refractivity contribution in [1.82, 2.24) is 0 Å². The van der Waals surface area contributed by atoms with Crippen LogP contribution in [0.3, 0.4) is 0 Å². The fourth-order valence-electron chi connectivity index (χ4n) is 0. The van der Waals surface area contributed by atoms with Gasteiger partial charge in [-0.3, -0.25) is 0 Å². The molecule has 0 aromatic carbocycles. The van der Waals surface area contributed by atoms with Crippen molar-refractivity contribution >= 4 is 0 Å². The zero-order valence-corrected chi connectivity index (χ0v) is 23.7. The molecule has 17 heavy (non-hydrogen) atoms. The number of rotatable bonds is 0. The molecule has 0 fully saturated rings. The smallest absolute Gasteiger partial charge is 0.512 e. The van der Waals surface area contributed by atoms with E-state index in [-0.39, 0.29) is 223 Å². The van der Waals surface area contributed by atoms with E-state index in [1.807, 2.05) is 0 Å². The first-order chi connectivity index (χ1) is 6.00. The summed E-state index contributed by atoms with van der Waals surface area (Å²) < 4.78 is 0. The topological polar surface area (TPSA) is 143 Å². The largest absolute Gasteiger partial charge is 2.00 e. The van der Waals surface area contributed by atoms with Crippen LogP contribution in [0.25, 0.3) is 0 Å². The zero-order chi connectivity index (χ0) is 12.0. The molecule has 0 unspecified atom stereocenters. The van der Waals surface area contributed by atoms with E-state index in [9.17, 15) is 0 Å². The second-order valence-corrected chi connectivity index (χ2v) is 0. The fourth-order valence-corrected chi connectivity index (χ4v) is 0. The fraction of sp³-hybridized carbons (Fsp3) is 0. The first kappa shape index (κ1) is 84.0. The Balaban J connectivity index is -0.00000000267. The molecule has 0 saturated carbocycles. The Kier molecular flexibility index (Phi) is 2230. The Morgan fingerprint density at radius 3 is 0.294 bits per heavy atom. The van der Waals surface area contributed by atoms with Gasteiger partial charge in [-0.15, -0.1) is 0 Å². The molecule has 0 aromatic heterocycles. The minimum atomic E-state index is 0. The number of hydrogen-bond donors (Lipinski definition) is 0. The first-order valence-electron chi connectivity index (χ1n) is 1.34. The van der Waals surface area contributed by atoms with Gasteiger partial charge in [0.1, 0.15) is 0 Å². The van der Waals surface area contributed by atoms with E-state index in [0.29, 0.717) is 0 Å². The Morgan fingerprint density at radius 1 is 0.294 bits per heavy atom. The van der Waals surface area contributed by atoms with Crippen LogP contribution >= 0.6 is 0 Å². The minimum absolute atomic E-state index is 0. The van der Waals surface area contributed by atoms with E-state index in [1.165, 1.54) is 0 Å². The number of nitrogens with zero attached hydrogens (tertiary/aromatic N) is 6. The molecule has 0 aliphatic heterocycles. The third-order valence-electron chi connectivity index (χ3n) is 0. The van der Waals surface area contributed by atoms with Gasteiger partial charge in [0.2, 0.25) is 0 Å². The van der Waals surface area contributed by atoms with Crippen molar-refractivity contribution < 1.29 is 223 Å². The summed E-state index contributed by atoms with van der Waals surface area (Å²) in [5.74, 6) is 0. The van der Waals surface area contributed by atoms with Gasteiger partial charge >= 0.3 is 223 Å². The standard InChI is InChI=1S/6CN.4K.Mn/c6*1-2;;;;;/q6*-1;4*+1;+2. The predicted octanol–water partition coefficient (Wildman–Crippen LogP) is -11.4. The van der Waals surface area contributed by atoms with Crippen LogP contribution in [0.1, 0.15) is 0 Å². The van der Waals surface area contributed by atoms with Gasteiger partial charge in [-0.25, -0.2) is 0 Å². The van der Waals surface area contributed by atoms with Gasteiger partial charge in [-0.1, -0.05) is 0 Å². The molecular formula is C6K4MnN6. The molecule has 0 N–H and O–H groups in total. The van der Waals surface area contributed by atoms with Crippen molar-refractivity contribution in [3.8, 4) is 0 Å². The predicted molar refractivity (Wildman–Crippen MR) is 29.8 cm³/mol. The average Bonchev–Trinajstić information content (AvgIpc) is 2.33. The maximum absolute atomic E-state index is 6.25. The van der Waals surface area contributed by atoms with Gasteiger partial charge in [-0.05, 0) is 0 Å². The Morgan fingerprint density at radius 2 is 0.294 bits per heavy atom. The van der Waals surface area contributed by atoms with Gasteiger partial charge in [0, 0.05) is 0 Å². The Hall–Kier alpha value is 4.00. The van der Waals surface area contributed by atoms with Crippen molar-refractivity contribution in [3.05, 3.63) is 39.4 Å². The van der Waals surface area contributed by atoms with Gasteiger partial charge in [0.15, 0.2) is 0 Å². The van der Waals surface area contributed by atoms with Gasteiger partial charge in [0.25, 0.3) is 0 Å². The second-order valence-electron chi connectivity index (χ2n) is 0. The SMILES string of the molecule is [C-]#N.[C-]#N.[C-]#N.[C-]#N.[C-]#N.[C-]#N.[K+].[K+].[K+].[K+].[Mn+2]. The van der Waals surface area contributed by atoms with E-state index in [2.05, 4.69) is 0 Å². The van der Waals surface area contributed by atoms with Gasteiger partial charge in [0.05, 0.1) is 0 Å². The van der Waals surface area contributed by atoms with Crippen LogP contribution in [0.4, 0.5) is 0 Å². The summed E-state index contributed by atoms with van der Waals surface area (Å²) >= 11 is 0. The summed E-state index contributed by atoms with van der Waals surface area (Å²) in [5, 5.41) is 37.5. The van der Waals surface area contributed by atoms with Crippen molar-refractivity contribution in [2.45, 2.75) is 0 Å². The summed E-state index contributed by atoms with van der Waals surface area (Å²) in [7, 11) is 0. The van der Waals surface area contributed by atoms with Crippen LogP contribution in [-0.2, 0) is 17.1 Å². The van der Waals surface area contributed by atoms with Crippen LogP contribution < -0.4 is 206 Å². The van der Waals surface area contributed by atoms with Crippen molar-refractivity contribution in [2.24, 2.45) is 0 Å². The van der Waals surface area contributed by atoms with Gasteiger partial charge in [-0.2, -0.15) is 0 Å². The maximum Gasteiger partial charge on any atom is 2.00 e. The van der Waals surface area contributed by atoms with E-state index in [4.69, 9.17) is 71.0 Å². The van der Waals surface area contributed by atoms with E-state index < -0.39 is 0 Å². The maximum atomic E-state index is 6.25. The first-order valence-corrected chi connectivity index (χ1v) is 1.34. The molecule has 0 aliphatic carbocycles. The van der Waals surface area contributed by atoms with Crippen LogP contribution in [0.15, 0.2) is 0 Å². The summed E-state index contributed by atoms with van der Waals surface area (Å²) in [6.45, 7) is 28.5. The Labute approximate surface area is 284 Å². The molecule has 0 heterocycles. The normalized spacial score (nSPS) is 0.706. The van der Waals surface area contributed by atoms with E-state index >= 15 is 0 Å². The summed E-state index contributed by atoms with van der Waals surface area (Å²) in [5.41, 5.74) is 0. The Bertz CT molecular complexity index is 106. The molecule has 65 valence electrons. The molecule has 1 radical (unpaired) electrons. The van der Waals surface area contributed by atoms with Crippen LogP contribution in [0.5, 0.6) is 0 Å². The molecule has 0 saturated heterocycles. The molecule has 0 bridgehead atoms. The average molecular weight is 367 g/mol. The third-order valence-corrected chi connectivity index (χ3v) is 0. The van der Waals surface area contributed by atoms with Crippen molar-refractivity contribution in [2.75, 3.05) is 0 Å². The summed E-state index contributed by atoms with van der Waals surface area (Å²) in [6, 6.07) is 0. The van der Waals surface area contributed by atoms with Crippen LogP contribution in [-0.4, -0.2) is 0 Å². The minimum Gasteiger partial charge on any atom is -0.512 e. The molecule has 0 amide bonds.